The molecule has 2 amide bonds. The zero-order valence-electron chi connectivity index (χ0n) is 17.2. The summed E-state index contributed by atoms with van der Waals surface area (Å²) in [7, 11) is -3.45. The molecule has 1 aliphatic rings. The number of carbonyl (C=O) groups excluding carboxylic acids is 2. The summed E-state index contributed by atoms with van der Waals surface area (Å²) in [6.07, 6.45) is 0.609. The van der Waals surface area contributed by atoms with E-state index in [9.17, 15) is 18.0 Å². The van der Waals surface area contributed by atoms with Crippen LogP contribution in [0.5, 0.6) is 0 Å². The van der Waals surface area contributed by atoms with Crippen molar-refractivity contribution in [1.82, 2.24) is 0 Å². The highest BCUT2D eigenvalue weighted by Gasteiger charge is 2.34. The molecular weight excluding hydrogens is 428 g/mol. The second kappa shape index (κ2) is 8.28. The summed E-state index contributed by atoms with van der Waals surface area (Å²) in [6.45, 7) is 5.56. The first-order valence-corrected chi connectivity index (χ1v) is 11.7. The summed E-state index contributed by atoms with van der Waals surface area (Å²) in [5.74, 6) is -0.137. The lowest BCUT2D eigenvalue weighted by Gasteiger charge is -2.40. The summed E-state index contributed by atoms with van der Waals surface area (Å²) in [4.78, 5) is 28.0. The molecule has 0 radical (unpaired) electrons. The van der Waals surface area contributed by atoms with E-state index in [1.165, 1.54) is 24.0 Å². The van der Waals surface area contributed by atoms with Gasteiger partial charge in [0, 0.05) is 24.7 Å². The number of hydrogen-bond acceptors (Lipinski definition) is 5. The molecule has 0 saturated heterocycles. The van der Waals surface area contributed by atoms with Crippen LogP contribution in [0.2, 0.25) is 5.02 Å². The molecule has 1 unspecified atom stereocenters. The minimum Gasteiger partial charge on any atom is -0.449 e. The average molecular weight is 451 g/mol. The fraction of sp³-hybridized carbons (Fsp3) is 0.333. The lowest BCUT2D eigenvalue weighted by molar-refractivity contribution is -0.117. The molecule has 1 aliphatic heterocycles. The fourth-order valence-corrected chi connectivity index (χ4v) is 4.58. The lowest BCUT2D eigenvalue weighted by atomic mass is 10.0. The number of rotatable bonds is 3. The van der Waals surface area contributed by atoms with Crippen LogP contribution in [0.4, 0.5) is 16.2 Å². The van der Waals surface area contributed by atoms with E-state index >= 15 is 0 Å². The van der Waals surface area contributed by atoms with Gasteiger partial charge in [-0.1, -0.05) is 17.7 Å². The predicted molar refractivity (Wildman–Crippen MR) is 117 cm³/mol. The van der Waals surface area contributed by atoms with Crippen LogP contribution in [0.1, 0.15) is 20.8 Å². The van der Waals surface area contributed by atoms with E-state index in [0.717, 1.165) is 6.26 Å². The number of benzene rings is 2. The molecule has 30 heavy (non-hydrogen) atoms. The quantitative estimate of drug-likeness (QED) is 0.702. The Kier molecular flexibility index (Phi) is 6.10. The van der Waals surface area contributed by atoms with Crippen molar-refractivity contribution in [2.24, 2.45) is 0 Å². The predicted octanol–water partition coefficient (Wildman–Crippen LogP) is 4.13. The van der Waals surface area contributed by atoms with Crippen LogP contribution in [0.15, 0.2) is 41.3 Å². The Morgan fingerprint density at radius 1 is 1.13 bits per heavy atom. The minimum atomic E-state index is -3.45. The molecule has 0 fully saturated rings. The Morgan fingerprint density at radius 3 is 2.43 bits per heavy atom. The Labute approximate surface area is 181 Å². The zero-order valence-corrected chi connectivity index (χ0v) is 18.7. The summed E-state index contributed by atoms with van der Waals surface area (Å²) in [5.41, 5.74) is 2.35. The average Bonchev–Trinajstić information content (AvgIpc) is 2.65. The van der Waals surface area contributed by atoms with E-state index < -0.39 is 15.9 Å². The summed E-state index contributed by atoms with van der Waals surface area (Å²) >= 11 is 6.15. The van der Waals surface area contributed by atoms with Gasteiger partial charge in [0.1, 0.15) is 0 Å². The van der Waals surface area contributed by atoms with Crippen LogP contribution in [0, 0.1) is 0 Å². The summed E-state index contributed by atoms with van der Waals surface area (Å²) in [5, 5.41) is 0.284. The van der Waals surface area contributed by atoms with Crippen molar-refractivity contribution in [2.75, 3.05) is 29.2 Å². The first-order valence-electron chi connectivity index (χ1n) is 9.42. The van der Waals surface area contributed by atoms with Crippen LogP contribution < -0.4 is 9.80 Å². The van der Waals surface area contributed by atoms with Gasteiger partial charge in [0.15, 0.2) is 9.84 Å². The van der Waals surface area contributed by atoms with Crippen molar-refractivity contribution in [3.63, 3.8) is 0 Å². The zero-order chi connectivity index (χ0) is 22.2. The third kappa shape index (κ3) is 4.29. The molecule has 0 saturated carbocycles. The maximum Gasteiger partial charge on any atom is 0.414 e. The molecular formula is C21H23ClN2O5S. The number of carbonyl (C=O) groups is 2. The highest BCUT2D eigenvalue weighted by molar-refractivity contribution is 7.90. The monoisotopic (exact) mass is 450 g/mol. The molecule has 9 heteroatoms. The highest BCUT2D eigenvalue weighted by Crippen LogP contribution is 2.40. The molecule has 3 rings (SSSR count). The highest BCUT2D eigenvalue weighted by atomic mass is 35.5. The Balaban J connectivity index is 2.18. The third-order valence-corrected chi connectivity index (χ3v) is 6.18. The number of halogens is 1. The van der Waals surface area contributed by atoms with Gasteiger partial charge in [-0.2, -0.15) is 0 Å². The first kappa shape index (κ1) is 22.1. The van der Waals surface area contributed by atoms with Gasteiger partial charge in [-0.3, -0.25) is 9.69 Å². The van der Waals surface area contributed by atoms with Crippen LogP contribution in [-0.2, 0) is 19.4 Å². The molecule has 0 spiro atoms. The van der Waals surface area contributed by atoms with Crippen molar-refractivity contribution < 1.29 is 22.7 Å². The standard InChI is InChI=1S/C21H23ClN2O5S/c1-5-29-21(26)23-12-13(2)24(14(3)25)19-7-6-15(10-20(19)23)16-8-17(22)11-18(9-16)30(4,27)28/h6-11,13H,5,12H2,1-4H3. The van der Waals surface area contributed by atoms with Gasteiger partial charge < -0.3 is 9.64 Å². The number of ether oxygens (including phenoxy) is 1. The molecule has 0 aromatic heterocycles. The molecule has 160 valence electrons. The number of amides is 2. The largest absolute Gasteiger partial charge is 0.449 e. The smallest absolute Gasteiger partial charge is 0.414 e. The minimum absolute atomic E-state index is 0.101. The maximum absolute atomic E-state index is 12.6. The SMILES string of the molecule is CCOC(=O)N1CC(C)N(C(C)=O)c2ccc(-c3cc(Cl)cc(S(C)(=O)=O)c3)cc21. The molecule has 1 heterocycles. The number of hydrogen-bond donors (Lipinski definition) is 0. The van der Waals surface area contributed by atoms with Gasteiger partial charge >= 0.3 is 6.09 Å². The van der Waals surface area contributed by atoms with Gasteiger partial charge in [-0.05, 0) is 55.3 Å². The molecule has 0 aliphatic carbocycles. The van der Waals surface area contributed by atoms with Gasteiger partial charge in [0.05, 0.1) is 28.9 Å². The van der Waals surface area contributed by atoms with Gasteiger partial charge in [0.2, 0.25) is 5.91 Å². The van der Waals surface area contributed by atoms with E-state index in [-0.39, 0.29) is 35.0 Å². The van der Waals surface area contributed by atoms with E-state index in [2.05, 4.69) is 0 Å². The molecule has 2 aromatic rings. The van der Waals surface area contributed by atoms with Gasteiger partial charge in [-0.15, -0.1) is 0 Å². The maximum atomic E-state index is 12.6. The normalized spacial score (nSPS) is 16.2. The van der Waals surface area contributed by atoms with Crippen LogP contribution in [0.3, 0.4) is 0 Å². The van der Waals surface area contributed by atoms with Crippen LogP contribution in [0.25, 0.3) is 11.1 Å². The Morgan fingerprint density at radius 2 is 1.83 bits per heavy atom. The number of anilines is 2. The second-order valence-corrected chi connectivity index (χ2v) is 9.65. The van der Waals surface area contributed by atoms with E-state index in [4.69, 9.17) is 16.3 Å². The van der Waals surface area contributed by atoms with Crippen molar-refractivity contribution in [3.8, 4) is 11.1 Å². The van der Waals surface area contributed by atoms with Crippen molar-refractivity contribution in [3.05, 3.63) is 41.4 Å². The molecule has 7 nitrogen and oxygen atoms in total. The van der Waals surface area contributed by atoms with E-state index in [1.807, 2.05) is 6.92 Å². The summed E-state index contributed by atoms with van der Waals surface area (Å²) < 4.78 is 29.2. The fourth-order valence-electron chi connectivity index (χ4n) is 3.60. The molecule has 0 N–H and O–H groups in total. The van der Waals surface area contributed by atoms with Gasteiger partial charge in [-0.25, -0.2) is 13.2 Å². The molecule has 0 bridgehead atoms. The van der Waals surface area contributed by atoms with E-state index in [0.29, 0.717) is 22.5 Å². The van der Waals surface area contributed by atoms with Crippen molar-refractivity contribution in [1.29, 1.82) is 0 Å². The van der Waals surface area contributed by atoms with Crippen molar-refractivity contribution >= 4 is 44.8 Å². The van der Waals surface area contributed by atoms with Crippen LogP contribution >= 0.6 is 11.6 Å². The van der Waals surface area contributed by atoms with Crippen LogP contribution in [-0.4, -0.2) is 45.9 Å². The Hall–Kier alpha value is -2.58. The number of sulfone groups is 1. The number of nitrogens with zero attached hydrogens (tertiary/aromatic N) is 2. The second-order valence-electron chi connectivity index (χ2n) is 7.20. The third-order valence-electron chi connectivity index (χ3n) is 4.87. The first-order chi connectivity index (χ1) is 14.0. The lowest BCUT2D eigenvalue weighted by Crippen LogP contribution is -2.51. The molecule has 1 atom stereocenters. The van der Waals surface area contributed by atoms with Crippen molar-refractivity contribution in [2.45, 2.75) is 31.7 Å². The van der Waals surface area contributed by atoms with Gasteiger partial charge in [0.25, 0.3) is 0 Å². The number of fused-ring (bicyclic) bond motifs is 1. The topological polar surface area (TPSA) is 84.0 Å². The molecule has 2 aromatic carbocycles. The Bertz CT molecular complexity index is 1120. The summed E-state index contributed by atoms with van der Waals surface area (Å²) in [6, 6.07) is 9.61. The van der Waals surface area contributed by atoms with E-state index in [1.54, 1.807) is 36.1 Å².